The lowest BCUT2D eigenvalue weighted by atomic mass is 9.98. The average molecular weight is 261 g/mol. The molecule has 0 aliphatic heterocycles. The van der Waals surface area contributed by atoms with Crippen molar-refractivity contribution in [3.8, 4) is 0 Å². The van der Waals surface area contributed by atoms with Crippen LogP contribution in [0.1, 0.15) is 30.7 Å². The molecule has 1 fully saturated rings. The molecular formula is C11H11BrF2. The van der Waals surface area contributed by atoms with Crippen LogP contribution in [0.3, 0.4) is 0 Å². The first kappa shape index (κ1) is 10.1. The Morgan fingerprint density at radius 2 is 1.86 bits per heavy atom. The third kappa shape index (κ3) is 2.14. The standard InChI is InChI=1S/C11H11BrF2/c12-10-3-1-8(2-4-10)9-5-6-11(13,14)7-9/h1-4,9H,5-7H2. The van der Waals surface area contributed by atoms with Gasteiger partial charge in [0.2, 0.25) is 5.92 Å². The Balaban J connectivity index is 2.14. The number of rotatable bonds is 1. The van der Waals surface area contributed by atoms with Crippen molar-refractivity contribution in [3.05, 3.63) is 34.3 Å². The largest absolute Gasteiger partial charge is 0.248 e. The normalized spacial score (nSPS) is 25.2. The summed E-state index contributed by atoms with van der Waals surface area (Å²) >= 11 is 3.33. The van der Waals surface area contributed by atoms with Gasteiger partial charge in [0.05, 0.1) is 0 Å². The van der Waals surface area contributed by atoms with Gasteiger partial charge >= 0.3 is 0 Å². The predicted molar refractivity (Wildman–Crippen MR) is 55.7 cm³/mol. The van der Waals surface area contributed by atoms with E-state index in [2.05, 4.69) is 15.9 Å². The van der Waals surface area contributed by atoms with Gasteiger partial charge in [-0.3, -0.25) is 0 Å². The van der Waals surface area contributed by atoms with E-state index in [4.69, 9.17) is 0 Å². The Kier molecular flexibility index (Phi) is 2.60. The highest BCUT2D eigenvalue weighted by atomic mass is 79.9. The quantitative estimate of drug-likeness (QED) is 0.704. The second-order valence-electron chi connectivity index (χ2n) is 3.85. The molecule has 0 aromatic heterocycles. The Morgan fingerprint density at radius 1 is 1.21 bits per heavy atom. The van der Waals surface area contributed by atoms with Crippen molar-refractivity contribution in [1.29, 1.82) is 0 Å². The van der Waals surface area contributed by atoms with Crippen LogP contribution in [-0.4, -0.2) is 5.92 Å². The third-order valence-electron chi connectivity index (χ3n) is 2.75. The summed E-state index contributed by atoms with van der Waals surface area (Å²) in [5, 5.41) is 0. The zero-order valence-electron chi connectivity index (χ0n) is 7.64. The zero-order chi connectivity index (χ0) is 10.2. The first-order chi connectivity index (χ1) is 6.57. The van der Waals surface area contributed by atoms with Gasteiger partial charge in [-0.15, -0.1) is 0 Å². The second-order valence-corrected chi connectivity index (χ2v) is 4.76. The summed E-state index contributed by atoms with van der Waals surface area (Å²) in [6.45, 7) is 0. The molecule has 76 valence electrons. The van der Waals surface area contributed by atoms with E-state index in [1.807, 2.05) is 24.3 Å². The summed E-state index contributed by atoms with van der Waals surface area (Å²) in [6, 6.07) is 7.67. The molecule has 0 saturated heterocycles. The molecule has 1 aliphatic carbocycles. The molecule has 1 unspecified atom stereocenters. The minimum Gasteiger partial charge on any atom is -0.207 e. The van der Waals surface area contributed by atoms with E-state index >= 15 is 0 Å². The molecule has 0 amide bonds. The lowest BCUT2D eigenvalue weighted by Crippen LogP contribution is -2.09. The van der Waals surface area contributed by atoms with E-state index in [1.165, 1.54) is 0 Å². The van der Waals surface area contributed by atoms with Crippen molar-refractivity contribution in [1.82, 2.24) is 0 Å². The lowest BCUT2D eigenvalue weighted by molar-refractivity contribution is 0.00777. The van der Waals surface area contributed by atoms with Crippen LogP contribution >= 0.6 is 15.9 Å². The fourth-order valence-corrected chi connectivity index (χ4v) is 2.23. The first-order valence-electron chi connectivity index (χ1n) is 4.70. The molecule has 2 rings (SSSR count). The van der Waals surface area contributed by atoms with Crippen LogP contribution in [0.4, 0.5) is 8.78 Å². The fraction of sp³-hybridized carbons (Fsp3) is 0.455. The average Bonchev–Trinajstić information content (AvgIpc) is 2.47. The lowest BCUT2D eigenvalue weighted by Gasteiger charge is -2.10. The van der Waals surface area contributed by atoms with Gasteiger partial charge < -0.3 is 0 Å². The van der Waals surface area contributed by atoms with Gasteiger partial charge in [0.15, 0.2) is 0 Å². The van der Waals surface area contributed by atoms with Gasteiger partial charge in [-0.25, -0.2) is 8.78 Å². The summed E-state index contributed by atoms with van der Waals surface area (Å²) in [5.41, 5.74) is 1.03. The van der Waals surface area contributed by atoms with E-state index in [9.17, 15) is 8.78 Å². The predicted octanol–water partition coefficient (Wildman–Crippen LogP) is 4.35. The van der Waals surface area contributed by atoms with Gasteiger partial charge in [-0.2, -0.15) is 0 Å². The summed E-state index contributed by atoms with van der Waals surface area (Å²) in [5.74, 6) is -2.41. The Morgan fingerprint density at radius 3 is 2.36 bits per heavy atom. The van der Waals surface area contributed by atoms with Crippen molar-refractivity contribution in [2.24, 2.45) is 0 Å². The minimum atomic E-state index is -2.45. The summed E-state index contributed by atoms with van der Waals surface area (Å²) in [6.07, 6.45) is 0.650. The van der Waals surface area contributed by atoms with Crippen LogP contribution in [-0.2, 0) is 0 Å². The van der Waals surface area contributed by atoms with E-state index in [0.717, 1.165) is 10.0 Å². The van der Waals surface area contributed by atoms with Crippen molar-refractivity contribution in [2.45, 2.75) is 31.1 Å². The van der Waals surface area contributed by atoms with E-state index in [1.54, 1.807) is 0 Å². The van der Waals surface area contributed by atoms with Gasteiger partial charge in [0, 0.05) is 17.3 Å². The molecule has 1 atom stereocenters. The molecule has 0 heterocycles. The monoisotopic (exact) mass is 260 g/mol. The molecular weight excluding hydrogens is 250 g/mol. The molecule has 1 aromatic carbocycles. The highest BCUT2D eigenvalue weighted by Crippen LogP contribution is 2.44. The van der Waals surface area contributed by atoms with Crippen LogP contribution in [0.25, 0.3) is 0 Å². The summed E-state index contributed by atoms with van der Waals surface area (Å²) < 4.78 is 26.9. The molecule has 0 bridgehead atoms. The molecule has 0 N–H and O–H groups in total. The molecule has 0 radical (unpaired) electrons. The molecule has 14 heavy (non-hydrogen) atoms. The topological polar surface area (TPSA) is 0 Å². The Hall–Kier alpha value is -0.440. The Labute approximate surface area is 90.4 Å². The first-order valence-corrected chi connectivity index (χ1v) is 5.49. The van der Waals surface area contributed by atoms with Crippen molar-refractivity contribution < 1.29 is 8.78 Å². The van der Waals surface area contributed by atoms with Crippen LogP contribution in [0.5, 0.6) is 0 Å². The zero-order valence-corrected chi connectivity index (χ0v) is 9.23. The second kappa shape index (κ2) is 3.61. The maximum atomic E-state index is 13.0. The SMILES string of the molecule is FC1(F)CCC(c2ccc(Br)cc2)C1. The summed E-state index contributed by atoms with van der Waals surface area (Å²) in [4.78, 5) is 0. The van der Waals surface area contributed by atoms with Crippen molar-refractivity contribution >= 4 is 15.9 Å². The number of hydrogen-bond donors (Lipinski definition) is 0. The number of hydrogen-bond acceptors (Lipinski definition) is 0. The smallest absolute Gasteiger partial charge is 0.207 e. The van der Waals surface area contributed by atoms with Crippen LogP contribution < -0.4 is 0 Å². The van der Waals surface area contributed by atoms with Crippen molar-refractivity contribution in [3.63, 3.8) is 0 Å². The van der Waals surface area contributed by atoms with E-state index < -0.39 is 5.92 Å². The number of alkyl halides is 2. The number of halogens is 3. The number of benzene rings is 1. The van der Waals surface area contributed by atoms with E-state index in [-0.39, 0.29) is 18.8 Å². The van der Waals surface area contributed by atoms with Gasteiger partial charge in [-0.1, -0.05) is 28.1 Å². The summed E-state index contributed by atoms with van der Waals surface area (Å²) in [7, 11) is 0. The van der Waals surface area contributed by atoms with Gasteiger partial charge in [-0.05, 0) is 30.0 Å². The molecule has 3 heteroatoms. The third-order valence-corrected chi connectivity index (χ3v) is 3.27. The van der Waals surface area contributed by atoms with Gasteiger partial charge in [0.25, 0.3) is 0 Å². The van der Waals surface area contributed by atoms with Crippen LogP contribution in [0, 0.1) is 0 Å². The minimum absolute atomic E-state index is 0.00856. The molecule has 1 saturated carbocycles. The maximum absolute atomic E-state index is 13.0. The fourth-order valence-electron chi connectivity index (χ4n) is 1.97. The van der Waals surface area contributed by atoms with Gasteiger partial charge in [0.1, 0.15) is 0 Å². The van der Waals surface area contributed by atoms with Crippen molar-refractivity contribution in [2.75, 3.05) is 0 Å². The van der Waals surface area contributed by atoms with Crippen LogP contribution in [0.15, 0.2) is 28.7 Å². The Bertz CT molecular complexity index is 319. The molecule has 0 nitrogen and oxygen atoms in total. The molecule has 1 aliphatic rings. The molecule has 1 aromatic rings. The highest BCUT2D eigenvalue weighted by Gasteiger charge is 2.39. The highest BCUT2D eigenvalue weighted by molar-refractivity contribution is 9.10. The van der Waals surface area contributed by atoms with E-state index in [0.29, 0.717) is 6.42 Å². The maximum Gasteiger partial charge on any atom is 0.248 e. The van der Waals surface area contributed by atoms with Crippen LogP contribution in [0.2, 0.25) is 0 Å². The molecule has 0 spiro atoms.